The molecular formula is C22H29FN4O2. The molecule has 0 atom stereocenters. The molecule has 0 aliphatic carbocycles. The van der Waals surface area contributed by atoms with Gasteiger partial charge in [-0.05, 0) is 64.1 Å². The zero-order valence-electron chi connectivity index (χ0n) is 17.7. The number of halogens is 1. The molecule has 0 radical (unpaired) electrons. The molecule has 0 saturated heterocycles. The number of benzene rings is 1. The maximum atomic E-state index is 13.5. The highest BCUT2D eigenvalue weighted by atomic mass is 19.1. The third-order valence-corrected chi connectivity index (χ3v) is 4.34. The molecule has 2 amide bonds. The molecule has 0 saturated carbocycles. The van der Waals surface area contributed by atoms with Gasteiger partial charge in [-0.1, -0.05) is 18.2 Å². The van der Waals surface area contributed by atoms with Crippen molar-refractivity contribution in [3.63, 3.8) is 0 Å². The maximum Gasteiger partial charge on any atom is 0.239 e. The van der Waals surface area contributed by atoms with E-state index in [0.29, 0.717) is 12.4 Å². The molecule has 1 N–H and O–H groups in total. The first-order valence-electron chi connectivity index (χ1n) is 9.50. The normalized spacial score (nSPS) is 11.4. The fourth-order valence-corrected chi connectivity index (χ4v) is 2.86. The van der Waals surface area contributed by atoms with Crippen LogP contribution in [-0.4, -0.2) is 52.3 Å². The van der Waals surface area contributed by atoms with Gasteiger partial charge >= 0.3 is 0 Å². The highest BCUT2D eigenvalue weighted by Gasteiger charge is 2.27. The predicted molar refractivity (Wildman–Crippen MR) is 112 cm³/mol. The Morgan fingerprint density at radius 2 is 1.86 bits per heavy atom. The number of rotatable bonds is 7. The highest BCUT2D eigenvalue weighted by Crippen LogP contribution is 2.18. The van der Waals surface area contributed by atoms with Gasteiger partial charge in [0.05, 0.1) is 13.1 Å². The van der Waals surface area contributed by atoms with Crippen molar-refractivity contribution in [1.29, 1.82) is 0 Å². The topological polar surface area (TPSA) is 65.5 Å². The number of carbonyl (C=O) groups excluding carboxylic acids is 2. The zero-order chi connectivity index (χ0) is 21.6. The first-order valence-corrected chi connectivity index (χ1v) is 9.50. The minimum Gasteiger partial charge on any atom is -0.332 e. The van der Waals surface area contributed by atoms with E-state index in [2.05, 4.69) is 10.3 Å². The Balaban J connectivity index is 1.96. The zero-order valence-corrected chi connectivity index (χ0v) is 17.7. The van der Waals surface area contributed by atoms with Crippen molar-refractivity contribution < 1.29 is 14.0 Å². The Morgan fingerprint density at radius 3 is 2.45 bits per heavy atom. The van der Waals surface area contributed by atoms with Crippen LogP contribution in [0.3, 0.4) is 0 Å². The Morgan fingerprint density at radius 1 is 1.14 bits per heavy atom. The summed E-state index contributed by atoms with van der Waals surface area (Å²) in [6.07, 6.45) is 1.68. The first-order chi connectivity index (χ1) is 13.5. The molecule has 0 aliphatic heterocycles. The number of nitrogens with zero attached hydrogens (tertiary/aromatic N) is 3. The molecule has 6 nitrogen and oxygen atoms in total. The largest absolute Gasteiger partial charge is 0.332 e. The molecule has 1 aromatic heterocycles. The van der Waals surface area contributed by atoms with Gasteiger partial charge in [0.15, 0.2) is 0 Å². The van der Waals surface area contributed by atoms with E-state index < -0.39 is 5.54 Å². The molecule has 156 valence electrons. The van der Waals surface area contributed by atoms with Crippen LogP contribution >= 0.6 is 0 Å². The number of likely N-dealkylation sites (N-methyl/N-ethyl adjacent to an activating group) is 1. The van der Waals surface area contributed by atoms with Crippen LogP contribution in [0, 0.1) is 12.7 Å². The van der Waals surface area contributed by atoms with E-state index in [1.807, 2.05) is 33.8 Å². The maximum absolute atomic E-state index is 13.5. The van der Waals surface area contributed by atoms with Crippen LogP contribution in [-0.2, 0) is 16.1 Å². The summed E-state index contributed by atoms with van der Waals surface area (Å²) in [4.78, 5) is 32.6. The second kappa shape index (κ2) is 9.60. The van der Waals surface area contributed by atoms with Crippen LogP contribution in [0.5, 0.6) is 0 Å². The molecule has 1 heterocycles. The van der Waals surface area contributed by atoms with Crippen molar-refractivity contribution >= 4 is 17.6 Å². The van der Waals surface area contributed by atoms with Gasteiger partial charge in [-0.3, -0.25) is 14.5 Å². The lowest BCUT2D eigenvalue weighted by molar-refractivity contribution is -0.137. The molecule has 0 unspecified atom stereocenters. The number of nitrogens with one attached hydrogen (secondary N) is 1. The van der Waals surface area contributed by atoms with Gasteiger partial charge in [-0.15, -0.1) is 0 Å². The van der Waals surface area contributed by atoms with Crippen LogP contribution < -0.4 is 5.32 Å². The summed E-state index contributed by atoms with van der Waals surface area (Å²) in [7, 11) is 1.71. The average Bonchev–Trinajstić information content (AvgIpc) is 2.60. The van der Waals surface area contributed by atoms with Crippen molar-refractivity contribution in [3.05, 3.63) is 59.5 Å². The monoisotopic (exact) mass is 400 g/mol. The Bertz CT molecular complexity index is 847. The Kier molecular flexibility index (Phi) is 7.45. The van der Waals surface area contributed by atoms with Gasteiger partial charge in [0.1, 0.15) is 11.6 Å². The lowest BCUT2D eigenvalue weighted by Crippen LogP contribution is -2.49. The average molecular weight is 400 g/mol. The quantitative estimate of drug-likeness (QED) is 0.775. The van der Waals surface area contributed by atoms with Crippen molar-refractivity contribution in [1.82, 2.24) is 14.8 Å². The van der Waals surface area contributed by atoms with E-state index in [9.17, 15) is 14.0 Å². The summed E-state index contributed by atoms with van der Waals surface area (Å²) >= 11 is 0. The summed E-state index contributed by atoms with van der Waals surface area (Å²) in [6.45, 7) is 8.14. The van der Waals surface area contributed by atoms with E-state index in [0.717, 1.165) is 11.1 Å². The van der Waals surface area contributed by atoms with Gasteiger partial charge in [-0.25, -0.2) is 9.37 Å². The number of anilines is 1. The number of hydrogen-bond acceptors (Lipinski definition) is 4. The van der Waals surface area contributed by atoms with Crippen molar-refractivity contribution in [3.8, 4) is 0 Å². The molecular weight excluding hydrogens is 371 g/mol. The number of carbonyl (C=O) groups is 2. The second-order valence-electron chi connectivity index (χ2n) is 8.22. The van der Waals surface area contributed by atoms with E-state index in [1.165, 1.54) is 12.1 Å². The van der Waals surface area contributed by atoms with E-state index >= 15 is 0 Å². The first kappa shape index (κ1) is 22.5. The van der Waals surface area contributed by atoms with Crippen LogP contribution in [0.15, 0.2) is 42.6 Å². The molecule has 0 fully saturated rings. The lowest BCUT2D eigenvalue weighted by atomic mass is 10.0. The third-order valence-electron chi connectivity index (χ3n) is 4.34. The van der Waals surface area contributed by atoms with Crippen LogP contribution in [0.4, 0.5) is 10.2 Å². The summed E-state index contributed by atoms with van der Waals surface area (Å²) in [5, 5.41) is 2.72. The SMILES string of the molecule is Cc1ccc(NC(=O)CN(C)CC(=O)N(Cc2cccc(F)c2)C(C)(C)C)nc1. The standard InChI is InChI=1S/C22H29FN4O2/c1-16-9-10-19(24-12-16)25-20(28)14-26(5)15-21(29)27(22(2,3)4)13-17-7-6-8-18(23)11-17/h6-12H,13-15H2,1-5H3,(H,24,25,28). The number of amides is 2. The Labute approximate surface area is 171 Å². The molecule has 29 heavy (non-hydrogen) atoms. The predicted octanol–water partition coefficient (Wildman–Crippen LogP) is 3.23. The molecule has 0 bridgehead atoms. The number of hydrogen-bond donors (Lipinski definition) is 1. The highest BCUT2D eigenvalue weighted by molar-refractivity contribution is 5.91. The number of pyridine rings is 1. The van der Waals surface area contributed by atoms with Crippen molar-refractivity contribution in [2.24, 2.45) is 0 Å². The van der Waals surface area contributed by atoms with Crippen molar-refractivity contribution in [2.75, 3.05) is 25.5 Å². The fourth-order valence-electron chi connectivity index (χ4n) is 2.86. The molecule has 0 aliphatic rings. The summed E-state index contributed by atoms with van der Waals surface area (Å²) in [5.74, 6) is -0.236. The van der Waals surface area contributed by atoms with Gasteiger partial charge in [-0.2, -0.15) is 0 Å². The van der Waals surface area contributed by atoms with Gasteiger partial charge in [0, 0.05) is 18.3 Å². The summed E-state index contributed by atoms with van der Waals surface area (Å²) in [5.41, 5.74) is 1.28. The second-order valence-corrected chi connectivity index (χ2v) is 8.22. The molecule has 7 heteroatoms. The van der Waals surface area contributed by atoms with Gasteiger partial charge in [0.25, 0.3) is 0 Å². The minimum absolute atomic E-state index is 0.0548. The summed E-state index contributed by atoms with van der Waals surface area (Å²) in [6, 6.07) is 9.83. The minimum atomic E-state index is -0.446. The molecule has 0 spiro atoms. The van der Waals surface area contributed by atoms with Crippen LogP contribution in [0.1, 0.15) is 31.9 Å². The Hall–Kier alpha value is -2.80. The summed E-state index contributed by atoms with van der Waals surface area (Å²) < 4.78 is 13.5. The molecule has 2 aromatic rings. The molecule has 1 aromatic carbocycles. The number of aryl methyl sites for hydroxylation is 1. The fraction of sp³-hybridized carbons (Fsp3) is 0.409. The lowest BCUT2D eigenvalue weighted by Gasteiger charge is -2.37. The van der Waals surface area contributed by atoms with Crippen LogP contribution in [0.25, 0.3) is 0 Å². The van der Waals surface area contributed by atoms with Crippen LogP contribution in [0.2, 0.25) is 0 Å². The number of aromatic nitrogens is 1. The van der Waals surface area contributed by atoms with E-state index in [-0.39, 0.29) is 30.7 Å². The van der Waals surface area contributed by atoms with Gasteiger partial charge in [0.2, 0.25) is 11.8 Å². The van der Waals surface area contributed by atoms with Gasteiger partial charge < -0.3 is 10.2 Å². The third kappa shape index (κ3) is 7.27. The smallest absolute Gasteiger partial charge is 0.239 e. The molecule has 2 rings (SSSR count). The van der Waals surface area contributed by atoms with Crippen molar-refractivity contribution in [2.45, 2.75) is 39.8 Å². The van der Waals surface area contributed by atoms with E-state index in [4.69, 9.17) is 0 Å². The van der Waals surface area contributed by atoms with E-state index in [1.54, 1.807) is 41.2 Å².